The second-order valence-electron chi connectivity index (χ2n) is 10.9. The molecule has 0 unspecified atom stereocenters. The predicted molar refractivity (Wildman–Crippen MR) is 171 cm³/mol. The van der Waals surface area contributed by atoms with E-state index in [1.165, 1.54) is 23.0 Å². The Morgan fingerprint density at radius 3 is 2.40 bits per heavy atom. The molecule has 0 bridgehead atoms. The monoisotopic (exact) mass is 593 g/mol. The lowest BCUT2D eigenvalue weighted by Gasteiger charge is -2.29. The molecule has 4 heterocycles. The summed E-state index contributed by atoms with van der Waals surface area (Å²) in [7, 11) is 5.43. The SMILES string of the molecule is CNC(=O)c1cc(-c2ccc(-c3cc4cnc(Nc5ccc(C6CCN(C)CC6)cc5)nc4n(C)c3=O)c(Cl)c2)ccn1. The van der Waals surface area contributed by atoms with Crippen LogP contribution in [0.25, 0.3) is 33.3 Å². The van der Waals surface area contributed by atoms with Gasteiger partial charge in [-0.25, -0.2) is 4.98 Å². The van der Waals surface area contributed by atoms with Crippen LogP contribution in [-0.2, 0) is 7.05 Å². The van der Waals surface area contributed by atoms with Gasteiger partial charge in [0.1, 0.15) is 11.3 Å². The zero-order valence-electron chi connectivity index (χ0n) is 24.3. The Labute approximate surface area is 254 Å². The number of halogens is 1. The number of hydrogen-bond donors (Lipinski definition) is 2. The fourth-order valence-electron chi connectivity index (χ4n) is 5.58. The number of benzene rings is 2. The Morgan fingerprint density at radius 1 is 0.930 bits per heavy atom. The molecule has 218 valence electrons. The molecule has 10 heteroatoms. The third-order valence-corrected chi connectivity index (χ3v) is 8.43. The first-order valence-corrected chi connectivity index (χ1v) is 14.6. The number of nitrogens with zero attached hydrogens (tertiary/aromatic N) is 5. The van der Waals surface area contributed by atoms with Crippen LogP contribution in [0, 0.1) is 0 Å². The zero-order chi connectivity index (χ0) is 30.1. The lowest BCUT2D eigenvalue weighted by Crippen LogP contribution is -2.29. The van der Waals surface area contributed by atoms with Gasteiger partial charge >= 0.3 is 0 Å². The molecule has 0 spiro atoms. The zero-order valence-corrected chi connectivity index (χ0v) is 25.0. The van der Waals surface area contributed by atoms with Gasteiger partial charge in [-0.1, -0.05) is 35.9 Å². The van der Waals surface area contributed by atoms with Crippen LogP contribution in [0.2, 0.25) is 5.02 Å². The van der Waals surface area contributed by atoms with Gasteiger partial charge in [-0.05, 0) is 92.0 Å². The third kappa shape index (κ3) is 5.86. The van der Waals surface area contributed by atoms with E-state index in [1.807, 2.05) is 12.1 Å². The number of carbonyl (C=O) groups is 1. The van der Waals surface area contributed by atoms with E-state index in [9.17, 15) is 9.59 Å². The number of fused-ring (bicyclic) bond motifs is 1. The van der Waals surface area contributed by atoms with Gasteiger partial charge in [0.15, 0.2) is 0 Å². The first-order chi connectivity index (χ1) is 20.8. The molecule has 6 rings (SSSR count). The summed E-state index contributed by atoms with van der Waals surface area (Å²) in [6.07, 6.45) is 5.63. The summed E-state index contributed by atoms with van der Waals surface area (Å²) in [6.45, 7) is 2.25. The van der Waals surface area contributed by atoms with Crippen LogP contribution in [-0.4, -0.2) is 57.5 Å². The number of amides is 1. The van der Waals surface area contributed by atoms with E-state index in [2.05, 4.69) is 61.8 Å². The Bertz CT molecular complexity index is 1880. The van der Waals surface area contributed by atoms with Gasteiger partial charge in [0.25, 0.3) is 11.5 Å². The van der Waals surface area contributed by atoms with Crippen molar-refractivity contribution in [2.24, 2.45) is 7.05 Å². The van der Waals surface area contributed by atoms with E-state index in [0.29, 0.717) is 44.7 Å². The minimum atomic E-state index is -0.272. The molecule has 0 atom stereocenters. The Kier molecular flexibility index (Phi) is 7.92. The van der Waals surface area contributed by atoms with Crippen LogP contribution in [0.4, 0.5) is 11.6 Å². The van der Waals surface area contributed by atoms with E-state index in [1.54, 1.807) is 50.8 Å². The molecule has 0 radical (unpaired) electrons. The summed E-state index contributed by atoms with van der Waals surface area (Å²) in [4.78, 5) is 41.2. The first kappa shape index (κ1) is 28.5. The number of rotatable bonds is 6. The molecule has 0 saturated carbocycles. The van der Waals surface area contributed by atoms with Crippen LogP contribution in [0.1, 0.15) is 34.8 Å². The minimum Gasteiger partial charge on any atom is -0.354 e. The number of carbonyl (C=O) groups excluding carboxylic acids is 1. The number of aryl methyl sites for hydroxylation is 1. The Balaban J connectivity index is 1.25. The highest BCUT2D eigenvalue weighted by Crippen LogP contribution is 2.33. The Hall–Kier alpha value is -4.60. The molecule has 3 aromatic heterocycles. The van der Waals surface area contributed by atoms with E-state index in [-0.39, 0.29) is 11.5 Å². The minimum absolute atomic E-state index is 0.222. The maximum atomic E-state index is 13.5. The molecule has 2 N–H and O–H groups in total. The fourth-order valence-corrected chi connectivity index (χ4v) is 5.87. The molecule has 1 fully saturated rings. The van der Waals surface area contributed by atoms with Crippen LogP contribution in [0.5, 0.6) is 0 Å². The molecule has 5 aromatic rings. The quantitative estimate of drug-likeness (QED) is 0.263. The third-order valence-electron chi connectivity index (χ3n) is 8.12. The van der Waals surface area contributed by atoms with Gasteiger partial charge in [-0.3, -0.25) is 19.1 Å². The molecule has 43 heavy (non-hydrogen) atoms. The lowest BCUT2D eigenvalue weighted by molar-refractivity contribution is 0.0958. The number of anilines is 2. The van der Waals surface area contributed by atoms with E-state index in [4.69, 9.17) is 11.6 Å². The normalized spacial score (nSPS) is 14.1. The van der Waals surface area contributed by atoms with Crippen molar-refractivity contribution in [2.75, 3.05) is 32.5 Å². The number of nitrogens with one attached hydrogen (secondary N) is 2. The van der Waals surface area contributed by atoms with Gasteiger partial charge in [0, 0.05) is 53.7 Å². The van der Waals surface area contributed by atoms with Gasteiger partial charge < -0.3 is 15.5 Å². The van der Waals surface area contributed by atoms with Gasteiger partial charge in [-0.2, -0.15) is 4.98 Å². The van der Waals surface area contributed by atoms with Crippen molar-refractivity contribution >= 4 is 40.2 Å². The van der Waals surface area contributed by atoms with Crippen molar-refractivity contribution < 1.29 is 4.79 Å². The topological polar surface area (TPSA) is 105 Å². The van der Waals surface area contributed by atoms with Crippen LogP contribution in [0.15, 0.2) is 77.9 Å². The van der Waals surface area contributed by atoms with E-state index < -0.39 is 0 Å². The maximum absolute atomic E-state index is 13.5. The van der Waals surface area contributed by atoms with Gasteiger partial charge in [-0.15, -0.1) is 0 Å². The molecule has 1 aliphatic heterocycles. The average molecular weight is 594 g/mol. The number of hydrogen-bond acceptors (Lipinski definition) is 7. The second kappa shape index (κ2) is 11.9. The molecule has 2 aromatic carbocycles. The standard InChI is InChI=1S/C33H32ClN7O2/c1-35-31(42)29-18-23(10-13-36-29)22-6-9-26(28(34)17-22)27-16-24-19-37-33(39-30(24)41(3)32(27)43)38-25-7-4-20(5-8-25)21-11-14-40(2)15-12-21/h4-10,13,16-19,21H,11-12,14-15H2,1-3H3,(H,35,42)(H,37,38,39). The van der Waals surface area contributed by atoms with Crippen molar-refractivity contribution in [1.82, 2.24) is 29.7 Å². The van der Waals surface area contributed by atoms with E-state index >= 15 is 0 Å². The Morgan fingerprint density at radius 2 is 1.67 bits per heavy atom. The van der Waals surface area contributed by atoms with Crippen molar-refractivity contribution in [3.63, 3.8) is 0 Å². The van der Waals surface area contributed by atoms with Gasteiger partial charge in [0.05, 0.1) is 0 Å². The summed E-state index contributed by atoms with van der Waals surface area (Å²) in [5.41, 5.74) is 5.48. The highest BCUT2D eigenvalue weighted by molar-refractivity contribution is 6.33. The first-order valence-electron chi connectivity index (χ1n) is 14.2. The highest BCUT2D eigenvalue weighted by Gasteiger charge is 2.19. The molecular weight excluding hydrogens is 562 g/mol. The summed E-state index contributed by atoms with van der Waals surface area (Å²) in [6, 6.07) is 19.2. The predicted octanol–water partition coefficient (Wildman–Crippen LogP) is 5.62. The van der Waals surface area contributed by atoms with Crippen molar-refractivity contribution in [1.29, 1.82) is 0 Å². The lowest BCUT2D eigenvalue weighted by atomic mass is 9.89. The maximum Gasteiger partial charge on any atom is 0.269 e. The highest BCUT2D eigenvalue weighted by atomic mass is 35.5. The number of piperidine rings is 1. The smallest absolute Gasteiger partial charge is 0.269 e. The van der Waals surface area contributed by atoms with Crippen molar-refractivity contribution in [2.45, 2.75) is 18.8 Å². The van der Waals surface area contributed by atoms with Crippen LogP contribution < -0.4 is 16.2 Å². The van der Waals surface area contributed by atoms with Gasteiger partial charge in [0.2, 0.25) is 5.95 Å². The van der Waals surface area contributed by atoms with Crippen molar-refractivity contribution in [3.8, 4) is 22.3 Å². The molecule has 0 aliphatic carbocycles. The fraction of sp³-hybridized carbons (Fsp3) is 0.242. The number of likely N-dealkylation sites (tertiary alicyclic amines) is 1. The molecule has 1 amide bonds. The second-order valence-corrected chi connectivity index (χ2v) is 11.3. The average Bonchev–Trinajstić information content (AvgIpc) is 3.03. The summed E-state index contributed by atoms with van der Waals surface area (Å²) >= 11 is 6.72. The largest absolute Gasteiger partial charge is 0.354 e. The molecule has 1 saturated heterocycles. The molecule has 9 nitrogen and oxygen atoms in total. The van der Waals surface area contributed by atoms with Crippen LogP contribution >= 0.6 is 11.6 Å². The summed E-state index contributed by atoms with van der Waals surface area (Å²) < 4.78 is 1.52. The molecular formula is C33H32ClN7O2. The molecule has 1 aliphatic rings. The van der Waals surface area contributed by atoms with Crippen molar-refractivity contribution in [3.05, 3.63) is 99.7 Å². The summed E-state index contributed by atoms with van der Waals surface area (Å²) in [5.74, 6) is 0.733. The van der Waals surface area contributed by atoms with Crippen LogP contribution in [0.3, 0.4) is 0 Å². The number of aromatic nitrogens is 4. The number of pyridine rings is 2. The van der Waals surface area contributed by atoms with E-state index in [0.717, 1.165) is 29.9 Å². The summed E-state index contributed by atoms with van der Waals surface area (Å²) in [5, 5.41) is 6.98.